The number of anilines is 1. The Labute approximate surface area is 142 Å². The second-order valence-corrected chi connectivity index (χ2v) is 6.06. The summed E-state index contributed by atoms with van der Waals surface area (Å²) in [6, 6.07) is 13.9. The van der Waals surface area contributed by atoms with Gasteiger partial charge in [-0.3, -0.25) is 0 Å². The van der Waals surface area contributed by atoms with Gasteiger partial charge < -0.3 is 15.1 Å². The van der Waals surface area contributed by atoms with Crippen LogP contribution in [0.5, 0.6) is 0 Å². The second kappa shape index (κ2) is 7.81. The van der Waals surface area contributed by atoms with E-state index in [0.717, 1.165) is 16.8 Å². The highest BCUT2D eigenvalue weighted by atomic mass is 19.1. The number of nitrogens with one attached hydrogen (secondary N) is 1. The molecule has 0 saturated carbocycles. The lowest BCUT2D eigenvalue weighted by atomic mass is 10.1. The van der Waals surface area contributed by atoms with E-state index in [1.165, 1.54) is 12.1 Å². The van der Waals surface area contributed by atoms with Crippen LogP contribution in [0.15, 0.2) is 48.5 Å². The Hall–Kier alpha value is -2.56. The van der Waals surface area contributed by atoms with E-state index in [-0.39, 0.29) is 17.9 Å². The van der Waals surface area contributed by atoms with Crippen molar-refractivity contribution in [3.8, 4) is 0 Å². The van der Waals surface area contributed by atoms with Gasteiger partial charge in [0.1, 0.15) is 5.82 Å². The number of benzene rings is 2. The number of amides is 2. The van der Waals surface area contributed by atoms with Gasteiger partial charge in [0.05, 0.1) is 6.04 Å². The van der Waals surface area contributed by atoms with Gasteiger partial charge in [0.2, 0.25) is 0 Å². The molecule has 4 nitrogen and oxygen atoms in total. The van der Waals surface area contributed by atoms with Crippen LogP contribution in [0.2, 0.25) is 0 Å². The molecule has 0 aliphatic carbocycles. The molecule has 0 spiro atoms. The molecule has 0 aromatic heterocycles. The summed E-state index contributed by atoms with van der Waals surface area (Å²) in [6.45, 7) is 2.38. The summed E-state index contributed by atoms with van der Waals surface area (Å²) in [5.41, 5.74) is 3.05. The topological polar surface area (TPSA) is 35.6 Å². The minimum atomic E-state index is -0.278. The average molecular weight is 329 g/mol. The van der Waals surface area contributed by atoms with Gasteiger partial charge in [-0.05, 0) is 42.3 Å². The van der Waals surface area contributed by atoms with Crippen molar-refractivity contribution in [2.45, 2.75) is 19.5 Å². The first-order valence-corrected chi connectivity index (χ1v) is 7.91. The molecule has 24 heavy (non-hydrogen) atoms. The third kappa shape index (κ3) is 4.47. The monoisotopic (exact) mass is 329 g/mol. The van der Waals surface area contributed by atoms with Crippen molar-refractivity contribution >= 4 is 11.7 Å². The van der Waals surface area contributed by atoms with Crippen molar-refractivity contribution in [1.29, 1.82) is 0 Å². The number of hydrogen-bond donors (Lipinski definition) is 1. The highest BCUT2D eigenvalue weighted by Gasteiger charge is 2.17. The average Bonchev–Trinajstić information content (AvgIpc) is 2.59. The van der Waals surface area contributed by atoms with Gasteiger partial charge in [0.25, 0.3) is 0 Å². The number of rotatable bonds is 5. The SMILES string of the molecule is CC(c1ccc(F)cc1)N(C)C(=O)NCc1ccc(N(C)C)cc1. The van der Waals surface area contributed by atoms with Gasteiger partial charge in [-0.1, -0.05) is 24.3 Å². The Kier molecular flexibility index (Phi) is 5.79. The van der Waals surface area contributed by atoms with E-state index in [2.05, 4.69) is 5.32 Å². The van der Waals surface area contributed by atoms with E-state index in [4.69, 9.17) is 0 Å². The molecule has 2 rings (SSSR count). The highest BCUT2D eigenvalue weighted by Crippen LogP contribution is 2.19. The Morgan fingerprint density at radius 1 is 1.04 bits per heavy atom. The van der Waals surface area contributed by atoms with Gasteiger partial charge in [-0.25, -0.2) is 9.18 Å². The molecule has 2 amide bonds. The molecule has 2 aromatic rings. The normalized spacial score (nSPS) is 11.7. The zero-order valence-corrected chi connectivity index (χ0v) is 14.6. The van der Waals surface area contributed by atoms with Gasteiger partial charge in [-0.15, -0.1) is 0 Å². The number of carbonyl (C=O) groups is 1. The summed E-state index contributed by atoms with van der Waals surface area (Å²) in [7, 11) is 5.71. The number of nitrogens with zero attached hydrogens (tertiary/aromatic N) is 2. The Morgan fingerprint density at radius 2 is 1.62 bits per heavy atom. The molecule has 0 saturated heterocycles. The molecular formula is C19H24FN3O. The predicted octanol–water partition coefficient (Wildman–Crippen LogP) is 3.79. The Bertz CT molecular complexity index is 668. The number of halogens is 1. The fraction of sp³-hybridized carbons (Fsp3) is 0.316. The number of urea groups is 1. The van der Waals surface area contributed by atoms with Crippen LogP contribution >= 0.6 is 0 Å². The molecule has 0 radical (unpaired) electrons. The van der Waals surface area contributed by atoms with Crippen LogP contribution in [-0.2, 0) is 6.54 Å². The summed E-state index contributed by atoms with van der Waals surface area (Å²) in [5.74, 6) is -0.278. The van der Waals surface area contributed by atoms with Gasteiger partial charge in [0, 0.05) is 33.4 Å². The zero-order chi connectivity index (χ0) is 17.7. The summed E-state index contributed by atoms with van der Waals surface area (Å²) in [5, 5.41) is 2.91. The smallest absolute Gasteiger partial charge is 0.317 e. The van der Waals surface area contributed by atoms with E-state index < -0.39 is 0 Å². The first kappa shape index (κ1) is 17.8. The molecule has 0 aliphatic rings. The van der Waals surface area contributed by atoms with Crippen LogP contribution in [0.3, 0.4) is 0 Å². The quantitative estimate of drug-likeness (QED) is 0.906. The van der Waals surface area contributed by atoms with E-state index >= 15 is 0 Å². The van der Waals surface area contributed by atoms with Crippen LogP contribution in [0.25, 0.3) is 0 Å². The lowest BCUT2D eigenvalue weighted by Crippen LogP contribution is -2.38. The Balaban J connectivity index is 1.92. The van der Waals surface area contributed by atoms with E-state index in [0.29, 0.717) is 6.54 Å². The maximum atomic E-state index is 13.0. The molecule has 128 valence electrons. The fourth-order valence-electron chi connectivity index (χ4n) is 2.36. The second-order valence-electron chi connectivity index (χ2n) is 6.06. The predicted molar refractivity (Wildman–Crippen MR) is 95.6 cm³/mol. The molecule has 0 aliphatic heterocycles. The fourth-order valence-corrected chi connectivity index (χ4v) is 2.36. The maximum Gasteiger partial charge on any atom is 0.317 e. The van der Waals surface area contributed by atoms with E-state index in [1.807, 2.05) is 50.2 Å². The summed E-state index contributed by atoms with van der Waals surface area (Å²) in [6.07, 6.45) is 0. The third-order valence-corrected chi connectivity index (χ3v) is 4.15. The van der Waals surface area contributed by atoms with Crippen LogP contribution < -0.4 is 10.2 Å². The van der Waals surface area contributed by atoms with Crippen molar-refractivity contribution in [3.05, 3.63) is 65.5 Å². The zero-order valence-electron chi connectivity index (χ0n) is 14.6. The van der Waals surface area contributed by atoms with Crippen LogP contribution in [-0.4, -0.2) is 32.1 Å². The van der Waals surface area contributed by atoms with Crippen molar-refractivity contribution < 1.29 is 9.18 Å². The van der Waals surface area contributed by atoms with Crippen molar-refractivity contribution in [2.75, 3.05) is 26.0 Å². The van der Waals surface area contributed by atoms with Gasteiger partial charge >= 0.3 is 6.03 Å². The third-order valence-electron chi connectivity index (χ3n) is 4.15. The summed E-state index contributed by atoms with van der Waals surface area (Å²) < 4.78 is 13.0. The minimum Gasteiger partial charge on any atom is -0.378 e. The van der Waals surface area contributed by atoms with Crippen LogP contribution in [0.4, 0.5) is 14.9 Å². The lowest BCUT2D eigenvalue weighted by Gasteiger charge is -2.25. The van der Waals surface area contributed by atoms with Crippen LogP contribution in [0, 0.1) is 5.82 Å². The molecule has 5 heteroatoms. The molecular weight excluding hydrogens is 305 g/mol. The van der Waals surface area contributed by atoms with Crippen molar-refractivity contribution in [3.63, 3.8) is 0 Å². The van der Waals surface area contributed by atoms with E-state index in [1.54, 1.807) is 24.1 Å². The molecule has 0 fully saturated rings. The first-order valence-electron chi connectivity index (χ1n) is 7.91. The number of carbonyl (C=O) groups excluding carboxylic acids is 1. The van der Waals surface area contributed by atoms with Crippen molar-refractivity contribution in [2.24, 2.45) is 0 Å². The van der Waals surface area contributed by atoms with Gasteiger partial charge in [-0.2, -0.15) is 0 Å². The molecule has 0 bridgehead atoms. The largest absolute Gasteiger partial charge is 0.378 e. The lowest BCUT2D eigenvalue weighted by molar-refractivity contribution is 0.194. The maximum absolute atomic E-state index is 13.0. The molecule has 0 heterocycles. The molecule has 1 unspecified atom stereocenters. The molecule has 2 aromatic carbocycles. The summed E-state index contributed by atoms with van der Waals surface area (Å²) >= 11 is 0. The minimum absolute atomic E-state index is 0.137. The van der Waals surface area contributed by atoms with E-state index in [9.17, 15) is 9.18 Å². The standard InChI is InChI=1S/C19H24FN3O/c1-14(16-7-9-17(20)10-8-16)23(4)19(24)21-13-15-5-11-18(12-6-15)22(2)3/h5-12,14H,13H2,1-4H3,(H,21,24). The van der Waals surface area contributed by atoms with Gasteiger partial charge in [0.15, 0.2) is 0 Å². The summed E-state index contributed by atoms with van der Waals surface area (Å²) in [4.78, 5) is 15.9. The Morgan fingerprint density at radius 3 is 2.17 bits per heavy atom. The molecule has 1 N–H and O–H groups in total. The van der Waals surface area contributed by atoms with Crippen molar-refractivity contribution in [1.82, 2.24) is 10.2 Å². The number of hydrogen-bond acceptors (Lipinski definition) is 2. The highest BCUT2D eigenvalue weighted by molar-refractivity contribution is 5.74. The van der Waals surface area contributed by atoms with Crippen LogP contribution in [0.1, 0.15) is 24.1 Å². The first-order chi connectivity index (χ1) is 11.4. The molecule has 1 atom stereocenters.